The molecule has 1 rings (SSSR count). The third-order valence-electron chi connectivity index (χ3n) is 4.22. The second kappa shape index (κ2) is 11.3. The summed E-state index contributed by atoms with van der Waals surface area (Å²) in [6.45, 7) is 3.10. The first-order chi connectivity index (χ1) is 11.4. The van der Waals surface area contributed by atoms with Gasteiger partial charge in [-0.25, -0.2) is 4.57 Å². The highest BCUT2D eigenvalue weighted by molar-refractivity contribution is 9.10. The number of imidazole rings is 1. The Morgan fingerprint density at radius 3 is 2.00 bits per heavy atom. The summed E-state index contributed by atoms with van der Waals surface area (Å²) in [7, 11) is -0.385. The van der Waals surface area contributed by atoms with Crippen molar-refractivity contribution in [3.05, 3.63) is 17.1 Å². The Kier molecular flexibility index (Phi) is 10.2. The molecule has 0 spiro atoms. The molecule has 24 heavy (non-hydrogen) atoms. The molecule has 0 bridgehead atoms. The lowest BCUT2D eigenvalue weighted by atomic mass is 10.1. The molecule has 0 aliphatic rings. The number of aromatic nitrogens is 2. The van der Waals surface area contributed by atoms with Crippen LogP contribution < -0.4 is 4.57 Å². The van der Waals surface area contributed by atoms with Crippen LogP contribution in [-0.2, 0) is 16.8 Å². The Labute approximate surface area is 156 Å². The van der Waals surface area contributed by atoms with Gasteiger partial charge in [0, 0.05) is 30.0 Å². The largest absolute Gasteiger partial charge is 0.380 e. The van der Waals surface area contributed by atoms with E-state index >= 15 is 0 Å². The predicted octanol–water partition coefficient (Wildman–Crippen LogP) is 4.11. The highest BCUT2D eigenvalue weighted by atomic mass is 79.9. The first-order valence-electron chi connectivity index (χ1n) is 9.09. The first kappa shape index (κ1) is 21.6. The van der Waals surface area contributed by atoms with Crippen molar-refractivity contribution in [2.24, 2.45) is 0 Å². The Bertz CT molecular complexity index is 570. The van der Waals surface area contributed by atoms with Gasteiger partial charge in [-0.2, -0.15) is 12.7 Å². The molecule has 1 heterocycles. The summed E-state index contributed by atoms with van der Waals surface area (Å²) in [5, 5.41) is 0. The lowest BCUT2D eigenvalue weighted by Gasteiger charge is -2.06. The molecule has 0 saturated heterocycles. The van der Waals surface area contributed by atoms with Gasteiger partial charge in [0.25, 0.3) is 6.33 Å². The molecule has 1 aromatic heterocycles. The van der Waals surface area contributed by atoms with Crippen LogP contribution in [0.4, 0.5) is 0 Å². The van der Waals surface area contributed by atoms with Gasteiger partial charge in [0.2, 0.25) is 4.60 Å². The third-order valence-corrected chi connectivity index (χ3v) is 6.75. The van der Waals surface area contributed by atoms with Crippen LogP contribution in [0.5, 0.6) is 0 Å². The van der Waals surface area contributed by atoms with E-state index in [0.717, 1.165) is 13.0 Å². The number of halogens is 1. The van der Waals surface area contributed by atoms with Gasteiger partial charge in [0.1, 0.15) is 6.20 Å². The van der Waals surface area contributed by atoms with Crippen LogP contribution in [0.15, 0.2) is 17.1 Å². The minimum absolute atomic E-state index is 0.559. The topological polar surface area (TPSA) is 46.2 Å². The second-order valence-corrected chi connectivity index (χ2v) is 9.40. The fourth-order valence-electron chi connectivity index (χ4n) is 2.67. The molecule has 0 saturated carbocycles. The highest BCUT2D eigenvalue weighted by Crippen LogP contribution is 2.13. The van der Waals surface area contributed by atoms with Crippen molar-refractivity contribution in [2.75, 3.05) is 14.1 Å². The Hall–Kier alpha value is -0.400. The van der Waals surface area contributed by atoms with Gasteiger partial charge in [0.15, 0.2) is 0 Å². The van der Waals surface area contributed by atoms with E-state index in [1.807, 2.05) is 10.8 Å². The molecule has 0 atom stereocenters. The molecular formula is C17H33BrN3O2S+. The molecule has 0 aliphatic carbocycles. The molecule has 0 amide bonds. The van der Waals surface area contributed by atoms with Crippen LogP contribution in [0.2, 0.25) is 0 Å². The average Bonchev–Trinajstić information content (AvgIpc) is 2.90. The van der Waals surface area contributed by atoms with E-state index in [4.69, 9.17) is 0 Å². The standard InChI is InChI=1S/C17H33BrN3O2S/c1-4-5-6-7-8-9-10-11-12-13-14-20-15-17(18)21(16-20)24(22,23)19(2)3/h15-16H,4-14H2,1-3H3/q+1. The molecular weight excluding hydrogens is 390 g/mol. The molecule has 5 nitrogen and oxygen atoms in total. The molecule has 140 valence electrons. The van der Waals surface area contributed by atoms with E-state index in [-0.39, 0.29) is 0 Å². The smallest absolute Gasteiger partial charge is 0.235 e. The maximum absolute atomic E-state index is 12.2. The zero-order chi connectivity index (χ0) is 18.0. The fourth-order valence-corrected chi connectivity index (χ4v) is 4.43. The summed E-state index contributed by atoms with van der Waals surface area (Å²) in [6.07, 6.45) is 16.5. The highest BCUT2D eigenvalue weighted by Gasteiger charge is 2.26. The van der Waals surface area contributed by atoms with E-state index in [9.17, 15) is 8.42 Å². The molecule has 0 N–H and O–H groups in total. The maximum atomic E-state index is 12.2. The van der Waals surface area contributed by atoms with Crippen molar-refractivity contribution in [3.8, 4) is 0 Å². The normalized spacial score (nSPS) is 12.2. The van der Waals surface area contributed by atoms with Crippen molar-refractivity contribution in [1.82, 2.24) is 8.28 Å². The molecule has 0 unspecified atom stereocenters. The van der Waals surface area contributed by atoms with Gasteiger partial charge < -0.3 is 0 Å². The van der Waals surface area contributed by atoms with Crippen molar-refractivity contribution >= 4 is 26.1 Å². The van der Waals surface area contributed by atoms with Gasteiger partial charge in [-0.15, -0.1) is 0 Å². The van der Waals surface area contributed by atoms with Crippen LogP contribution in [0.3, 0.4) is 0 Å². The first-order valence-corrected chi connectivity index (χ1v) is 11.3. The number of aryl methyl sites for hydroxylation is 1. The monoisotopic (exact) mass is 422 g/mol. The summed E-state index contributed by atoms with van der Waals surface area (Å²) in [5.41, 5.74) is 0. The van der Waals surface area contributed by atoms with E-state index in [1.165, 1.54) is 80.2 Å². The van der Waals surface area contributed by atoms with Gasteiger partial charge in [-0.1, -0.05) is 62.3 Å². The zero-order valence-corrected chi connectivity index (χ0v) is 17.8. The Morgan fingerprint density at radius 1 is 1.00 bits per heavy atom. The van der Waals surface area contributed by atoms with Crippen molar-refractivity contribution < 1.29 is 13.0 Å². The number of hydrogen-bond donors (Lipinski definition) is 0. The number of nitrogens with zero attached hydrogens (tertiary/aromatic N) is 3. The molecule has 0 aliphatic heterocycles. The minimum atomic E-state index is -3.46. The lowest BCUT2D eigenvalue weighted by molar-refractivity contribution is -0.696. The number of rotatable bonds is 13. The zero-order valence-electron chi connectivity index (χ0n) is 15.4. The second-order valence-electron chi connectivity index (χ2n) is 6.57. The fraction of sp³-hybridized carbons (Fsp3) is 0.824. The van der Waals surface area contributed by atoms with E-state index < -0.39 is 10.2 Å². The summed E-state index contributed by atoms with van der Waals surface area (Å²) >= 11 is 3.33. The van der Waals surface area contributed by atoms with Gasteiger partial charge in [-0.05, 0) is 12.8 Å². The quantitative estimate of drug-likeness (QED) is 0.354. The lowest BCUT2D eigenvalue weighted by Crippen LogP contribution is -2.33. The van der Waals surface area contributed by atoms with Crippen molar-refractivity contribution in [3.63, 3.8) is 0 Å². The molecule has 0 aromatic carbocycles. The minimum Gasteiger partial charge on any atom is -0.235 e. The van der Waals surface area contributed by atoms with Crippen LogP contribution in [-0.4, -0.2) is 30.8 Å². The Balaban J connectivity index is 2.23. The molecule has 7 heteroatoms. The number of unbranched alkanes of at least 4 members (excludes halogenated alkanes) is 9. The van der Waals surface area contributed by atoms with Crippen molar-refractivity contribution in [1.29, 1.82) is 0 Å². The van der Waals surface area contributed by atoms with Crippen LogP contribution in [0.25, 0.3) is 0 Å². The van der Waals surface area contributed by atoms with Gasteiger partial charge in [0.05, 0.1) is 6.54 Å². The summed E-state index contributed by atoms with van der Waals surface area (Å²) < 4.78 is 29.3. The SMILES string of the molecule is CCCCCCCCCCCC[n+]1cc(Br)n(S(=O)(=O)N(C)C)c1. The Morgan fingerprint density at radius 2 is 1.50 bits per heavy atom. The van der Waals surface area contributed by atoms with E-state index in [1.54, 1.807) is 6.33 Å². The predicted molar refractivity (Wildman–Crippen MR) is 102 cm³/mol. The summed E-state index contributed by atoms with van der Waals surface area (Å²) in [6, 6.07) is 0. The van der Waals surface area contributed by atoms with E-state index in [2.05, 4.69) is 22.9 Å². The van der Waals surface area contributed by atoms with Crippen LogP contribution >= 0.6 is 15.9 Å². The molecule has 0 radical (unpaired) electrons. The van der Waals surface area contributed by atoms with E-state index in [0.29, 0.717) is 4.60 Å². The average molecular weight is 423 g/mol. The van der Waals surface area contributed by atoms with Gasteiger partial charge >= 0.3 is 10.2 Å². The molecule has 1 aromatic rings. The van der Waals surface area contributed by atoms with Crippen LogP contribution in [0, 0.1) is 0 Å². The summed E-state index contributed by atoms with van der Waals surface area (Å²) in [5.74, 6) is 0. The van der Waals surface area contributed by atoms with Crippen molar-refractivity contribution in [2.45, 2.75) is 77.7 Å². The maximum Gasteiger partial charge on any atom is 0.380 e. The summed E-state index contributed by atoms with van der Waals surface area (Å²) in [4.78, 5) is 0. The third kappa shape index (κ3) is 7.23. The van der Waals surface area contributed by atoms with Crippen LogP contribution in [0.1, 0.15) is 71.1 Å². The molecule has 0 fully saturated rings. The van der Waals surface area contributed by atoms with Gasteiger partial charge in [-0.3, -0.25) is 0 Å². The number of hydrogen-bond acceptors (Lipinski definition) is 2.